The van der Waals surface area contributed by atoms with Crippen LogP contribution in [-0.2, 0) is 29.4 Å². The molecule has 3 unspecified atom stereocenters. The molecular formula is C15H23N3O2. The van der Waals surface area contributed by atoms with Crippen molar-refractivity contribution < 1.29 is 9.53 Å². The number of fused-ring (bicyclic) bond motifs is 2. The molecule has 3 rings (SSSR count). The molecule has 1 fully saturated rings. The van der Waals surface area contributed by atoms with Gasteiger partial charge in [-0.1, -0.05) is 19.1 Å². The Hall–Kier alpha value is -1.39. The highest BCUT2D eigenvalue weighted by Crippen LogP contribution is 2.52. The summed E-state index contributed by atoms with van der Waals surface area (Å²) >= 11 is 0. The molecule has 1 aromatic heterocycles. The van der Waals surface area contributed by atoms with E-state index in [1.807, 2.05) is 25.6 Å². The Morgan fingerprint density at radius 2 is 2.05 bits per heavy atom. The van der Waals surface area contributed by atoms with Gasteiger partial charge >= 0.3 is 5.97 Å². The van der Waals surface area contributed by atoms with Crippen LogP contribution in [-0.4, -0.2) is 27.6 Å². The zero-order chi connectivity index (χ0) is 14.3. The van der Waals surface area contributed by atoms with E-state index in [9.17, 15) is 4.79 Å². The van der Waals surface area contributed by atoms with E-state index < -0.39 is 0 Å². The van der Waals surface area contributed by atoms with Crippen molar-refractivity contribution in [2.24, 2.45) is 30.7 Å². The lowest BCUT2D eigenvalue weighted by molar-refractivity contribution is -0.148. The number of carbonyl (C=O) groups excluding carboxylic acids is 1. The molecule has 20 heavy (non-hydrogen) atoms. The average molecular weight is 277 g/mol. The minimum absolute atomic E-state index is 0.0270. The van der Waals surface area contributed by atoms with Gasteiger partial charge in [0.05, 0.1) is 23.9 Å². The van der Waals surface area contributed by atoms with Crippen LogP contribution in [0.25, 0.3) is 0 Å². The van der Waals surface area contributed by atoms with Crippen LogP contribution in [0.15, 0.2) is 0 Å². The molecule has 0 N–H and O–H groups in total. The van der Waals surface area contributed by atoms with Gasteiger partial charge in [-0.3, -0.25) is 9.48 Å². The number of esters is 1. The summed E-state index contributed by atoms with van der Waals surface area (Å²) in [5.41, 5.74) is 2.45. The lowest BCUT2D eigenvalue weighted by Crippen LogP contribution is -2.14. The van der Waals surface area contributed by atoms with Crippen LogP contribution in [0.1, 0.15) is 38.1 Å². The second-order valence-electron chi connectivity index (χ2n) is 6.46. The minimum atomic E-state index is -0.0709. The Bertz CT molecular complexity index is 509. The molecule has 0 amide bonds. The second kappa shape index (κ2) is 5.19. The fourth-order valence-corrected chi connectivity index (χ4v) is 3.50. The third kappa shape index (κ3) is 2.45. The van der Waals surface area contributed by atoms with E-state index in [1.54, 1.807) is 0 Å². The van der Waals surface area contributed by atoms with Crippen molar-refractivity contribution in [2.45, 2.75) is 39.5 Å². The Labute approximate surface area is 119 Å². The van der Waals surface area contributed by atoms with Gasteiger partial charge in [-0.05, 0) is 43.4 Å². The fraction of sp³-hybridized carbons (Fsp3) is 0.800. The van der Waals surface area contributed by atoms with E-state index in [0.717, 1.165) is 30.9 Å². The fourth-order valence-electron chi connectivity index (χ4n) is 3.50. The number of hydrogen-bond donors (Lipinski definition) is 0. The topological polar surface area (TPSA) is 57.0 Å². The molecule has 3 atom stereocenters. The first-order chi connectivity index (χ1) is 9.58. The van der Waals surface area contributed by atoms with Crippen molar-refractivity contribution in [2.75, 3.05) is 6.61 Å². The number of aromatic nitrogens is 3. The molecule has 5 nitrogen and oxygen atoms in total. The van der Waals surface area contributed by atoms with E-state index in [0.29, 0.717) is 18.4 Å². The number of hydrogen-bond acceptors (Lipinski definition) is 4. The number of ether oxygens (including phenoxy) is 1. The van der Waals surface area contributed by atoms with Crippen molar-refractivity contribution in [3.63, 3.8) is 0 Å². The van der Waals surface area contributed by atoms with Crippen molar-refractivity contribution in [3.05, 3.63) is 11.4 Å². The smallest absolute Gasteiger partial charge is 0.308 e. The lowest BCUT2D eigenvalue weighted by Gasteiger charge is -2.07. The SMILES string of the molecule is CC(C)C(=O)OCC1C2CCc3nnn(C)c3CCC21. The summed E-state index contributed by atoms with van der Waals surface area (Å²) in [5, 5.41) is 8.38. The van der Waals surface area contributed by atoms with Crippen molar-refractivity contribution in [3.8, 4) is 0 Å². The van der Waals surface area contributed by atoms with E-state index in [4.69, 9.17) is 4.74 Å². The first-order valence-electron chi connectivity index (χ1n) is 7.62. The van der Waals surface area contributed by atoms with Crippen molar-refractivity contribution in [1.29, 1.82) is 0 Å². The molecule has 5 heteroatoms. The maximum absolute atomic E-state index is 11.6. The quantitative estimate of drug-likeness (QED) is 0.790. The summed E-state index contributed by atoms with van der Waals surface area (Å²) in [4.78, 5) is 11.6. The van der Waals surface area contributed by atoms with Gasteiger partial charge in [-0.15, -0.1) is 5.10 Å². The molecule has 1 heterocycles. The van der Waals surface area contributed by atoms with Crippen LogP contribution < -0.4 is 0 Å². The summed E-state index contributed by atoms with van der Waals surface area (Å²) in [6.07, 6.45) is 4.39. The van der Waals surface area contributed by atoms with Gasteiger partial charge in [-0.25, -0.2) is 0 Å². The monoisotopic (exact) mass is 277 g/mol. The summed E-state index contributed by atoms with van der Waals surface area (Å²) in [6.45, 7) is 4.37. The summed E-state index contributed by atoms with van der Waals surface area (Å²) in [6, 6.07) is 0. The summed E-state index contributed by atoms with van der Waals surface area (Å²) in [5.74, 6) is 1.90. The van der Waals surface area contributed by atoms with Crippen LogP contribution >= 0.6 is 0 Å². The van der Waals surface area contributed by atoms with E-state index in [2.05, 4.69) is 10.3 Å². The number of aryl methyl sites for hydroxylation is 2. The average Bonchev–Trinajstić information content (AvgIpc) is 2.93. The van der Waals surface area contributed by atoms with Crippen LogP contribution in [0, 0.1) is 23.7 Å². The van der Waals surface area contributed by atoms with Crippen LogP contribution in [0.2, 0.25) is 0 Å². The molecule has 1 saturated carbocycles. The van der Waals surface area contributed by atoms with Crippen LogP contribution in [0.5, 0.6) is 0 Å². The number of rotatable bonds is 3. The highest BCUT2D eigenvalue weighted by atomic mass is 16.5. The van der Waals surface area contributed by atoms with Crippen LogP contribution in [0.3, 0.4) is 0 Å². The molecule has 0 aromatic carbocycles. The molecule has 0 spiro atoms. The van der Waals surface area contributed by atoms with Gasteiger partial charge < -0.3 is 4.74 Å². The van der Waals surface area contributed by atoms with E-state index in [-0.39, 0.29) is 11.9 Å². The van der Waals surface area contributed by atoms with E-state index in [1.165, 1.54) is 12.1 Å². The molecule has 2 aliphatic rings. The Balaban J connectivity index is 1.57. The van der Waals surface area contributed by atoms with Gasteiger partial charge in [-0.2, -0.15) is 0 Å². The summed E-state index contributed by atoms with van der Waals surface area (Å²) in [7, 11) is 1.97. The lowest BCUT2D eigenvalue weighted by atomic mass is 10.0. The number of nitrogens with zero attached hydrogens (tertiary/aromatic N) is 3. The predicted octanol–water partition coefficient (Wildman–Crippen LogP) is 1.76. The Kier molecular flexibility index (Phi) is 3.52. The molecule has 0 radical (unpaired) electrons. The maximum atomic E-state index is 11.6. The van der Waals surface area contributed by atoms with Gasteiger partial charge in [0, 0.05) is 7.05 Å². The van der Waals surface area contributed by atoms with E-state index >= 15 is 0 Å². The molecule has 2 aliphatic carbocycles. The molecular weight excluding hydrogens is 254 g/mol. The normalized spacial score (nSPS) is 28.3. The third-order valence-corrected chi connectivity index (χ3v) is 4.85. The Morgan fingerprint density at radius 3 is 2.75 bits per heavy atom. The largest absolute Gasteiger partial charge is 0.465 e. The standard InChI is InChI=1S/C15H23N3O2/c1-9(2)15(19)20-8-12-10-4-6-13-14(7-5-11(10)12)18(3)17-16-13/h9-12H,4-8H2,1-3H3. The first kappa shape index (κ1) is 13.6. The first-order valence-corrected chi connectivity index (χ1v) is 7.62. The van der Waals surface area contributed by atoms with Crippen molar-refractivity contribution >= 4 is 5.97 Å². The van der Waals surface area contributed by atoms with Crippen molar-refractivity contribution in [1.82, 2.24) is 15.0 Å². The van der Waals surface area contributed by atoms with Crippen LogP contribution in [0.4, 0.5) is 0 Å². The molecule has 0 saturated heterocycles. The second-order valence-corrected chi connectivity index (χ2v) is 6.46. The van der Waals surface area contributed by atoms with Gasteiger partial charge in [0.1, 0.15) is 0 Å². The Morgan fingerprint density at radius 1 is 1.35 bits per heavy atom. The van der Waals surface area contributed by atoms with Gasteiger partial charge in [0.25, 0.3) is 0 Å². The minimum Gasteiger partial charge on any atom is -0.465 e. The predicted molar refractivity (Wildman–Crippen MR) is 73.9 cm³/mol. The zero-order valence-electron chi connectivity index (χ0n) is 12.5. The highest BCUT2D eigenvalue weighted by molar-refractivity contribution is 5.71. The van der Waals surface area contributed by atoms with Gasteiger partial charge in [0.2, 0.25) is 0 Å². The molecule has 0 aliphatic heterocycles. The third-order valence-electron chi connectivity index (χ3n) is 4.85. The summed E-state index contributed by atoms with van der Waals surface area (Å²) < 4.78 is 7.32. The zero-order valence-corrected chi connectivity index (χ0v) is 12.5. The molecule has 1 aromatic rings. The highest BCUT2D eigenvalue weighted by Gasteiger charge is 2.50. The van der Waals surface area contributed by atoms with Gasteiger partial charge in [0.15, 0.2) is 0 Å². The maximum Gasteiger partial charge on any atom is 0.308 e. The molecule has 110 valence electrons. The number of carbonyl (C=O) groups is 1. The molecule has 0 bridgehead atoms.